The van der Waals surface area contributed by atoms with E-state index in [0.717, 1.165) is 19.3 Å². The third-order valence-electron chi connectivity index (χ3n) is 2.81. The third-order valence-corrected chi connectivity index (χ3v) is 2.81. The summed E-state index contributed by atoms with van der Waals surface area (Å²) in [4.78, 5) is 0. The van der Waals surface area contributed by atoms with E-state index in [9.17, 15) is 0 Å². The topological polar surface area (TPSA) is 40.5 Å². The molecule has 13 heavy (non-hydrogen) atoms. The average Bonchev–Trinajstić information content (AvgIpc) is 2.90. The van der Waals surface area contributed by atoms with Gasteiger partial charge in [-0.2, -0.15) is 0 Å². The highest BCUT2D eigenvalue weighted by atomic mass is 16.3. The van der Waals surface area contributed by atoms with Gasteiger partial charge in [-0.1, -0.05) is 12.1 Å². The summed E-state index contributed by atoms with van der Waals surface area (Å²) in [5.74, 6) is 0.303. The van der Waals surface area contributed by atoms with E-state index in [2.05, 4.69) is 0 Å². The second kappa shape index (κ2) is 3.04. The Hall–Kier alpha value is -1.02. The summed E-state index contributed by atoms with van der Waals surface area (Å²) in [5, 5.41) is 18.2. The van der Waals surface area contributed by atoms with Gasteiger partial charge in [0.05, 0.1) is 0 Å². The first-order valence-electron chi connectivity index (χ1n) is 4.63. The van der Waals surface area contributed by atoms with Crippen LogP contribution in [-0.2, 0) is 6.42 Å². The van der Waals surface area contributed by atoms with Crippen molar-refractivity contribution in [3.05, 3.63) is 29.8 Å². The average molecular weight is 178 g/mol. The third kappa shape index (κ3) is 1.83. The number of phenols is 1. The molecule has 1 aromatic rings. The molecule has 2 heteroatoms. The highest BCUT2D eigenvalue weighted by Crippen LogP contribution is 2.47. The van der Waals surface area contributed by atoms with Gasteiger partial charge in [0, 0.05) is 6.61 Å². The molecular formula is C11H14O2. The predicted octanol–water partition coefficient (Wildman–Crippen LogP) is 1.71. The number of aromatic hydroxyl groups is 1. The normalized spacial score (nSPS) is 18.5. The predicted molar refractivity (Wildman–Crippen MR) is 50.6 cm³/mol. The Morgan fingerprint density at radius 1 is 1.15 bits per heavy atom. The van der Waals surface area contributed by atoms with Crippen molar-refractivity contribution in [1.29, 1.82) is 0 Å². The maximum Gasteiger partial charge on any atom is 0.115 e. The van der Waals surface area contributed by atoms with Gasteiger partial charge in [-0.15, -0.1) is 0 Å². The van der Waals surface area contributed by atoms with Crippen LogP contribution in [0.3, 0.4) is 0 Å². The minimum Gasteiger partial charge on any atom is -0.508 e. The van der Waals surface area contributed by atoms with Crippen LogP contribution in [0.4, 0.5) is 0 Å². The SMILES string of the molecule is OCC1(Cc2ccc(O)cc2)CC1. The summed E-state index contributed by atoms with van der Waals surface area (Å²) in [7, 11) is 0. The molecule has 0 aromatic heterocycles. The van der Waals surface area contributed by atoms with E-state index in [1.165, 1.54) is 5.56 Å². The van der Waals surface area contributed by atoms with E-state index in [-0.39, 0.29) is 12.0 Å². The van der Waals surface area contributed by atoms with Crippen molar-refractivity contribution < 1.29 is 10.2 Å². The lowest BCUT2D eigenvalue weighted by atomic mass is 9.97. The number of hydrogen-bond acceptors (Lipinski definition) is 2. The number of phenolic OH excluding ortho intramolecular Hbond substituents is 1. The van der Waals surface area contributed by atoms with Crippen molar-refractivity contribution in [2.75, 3.05) is 6.61 Å². The molecule has 0 amide bonds. The standard InChI is InChI=1S/C11H14O2/c12-8-11(5-6-11)7-9-1-3-10(13)4-2-9/h1-4,12-13H,5-8H2. The Bertz CT molecular complexity index is 285. The molecule has 0 heterocycles. The monoisotopic (exact) mass is 178 g/mol. The Morgan fingerprint density at radius 3 is 2.23 bits per heavy atom. The molecule has 2 nitrogen and oxygen atoms in total. The maximum atomic E-state index is 9.12. The molecule has 1 fully saturated rings. The summed E-state index contributed by atoms with van der Waals surface area (Å²) in [5.41, 5.74) is 1.36. The van der Waals surface area contributed by atoms with Crippen LogP contribution in [0.25, 0.3) is 0 Å². The zero-order valence-corrected chi connectivity index (χ0v) is 7.53. The summed E-state index contributed by atoms with van der Waals surface area (Å²) in [6.07, 6.45) is 3.19. The molecule has 0 saturated heterocycles. The number of aliphatic hydroxyl groups is 1. The molecule has 0 atom stereocenters. The van der Waals surface area contributed by atoms with E-state index in [4.69, 9.17) is 10.2 Å². The molecule has 0 spiro atoms. The number of aliphatic hydroxyl groups excluding tert-OH is 1. The van der Waals surface area contributed by atoms with Gasteiger partial charge in [-0.3, -0.25) is 0 Å². The molecule has 70 valence electrons. The van der Waals surface area contributed by atoms with Gasteiger partial charge < -0.3 is 10.2 Å². The maximum absolute atomic E-state index is 9.12. The smallest absolute Gasteiger partial charge is 0.115 e. The van der Waals surface area contributed by atoms with Gasteiger partial charge in [-0.05, 0) is 42.4 Å². The van der Waals surface area contributed by atoms with Crippen LogP contribution in [0.15, 0.2) is 24.3 Å². The molecule has 1 aliphatic carbocycles. The van der Waals surface area contributed by atoms with E-state index in [0.29, 0.717) is 5.75 Å². The van der Waals surface area contributed by atoms with Crippen LogP contribution in [-0.4, -0.2) is 16.8 Å². The molecule has 1 saturated carbocycles. The Morgan fingerprint density at radius 2 is 1.77 bits per heavy atom. The minimum atomic E-state index is 0.164. The van der Waals surface area contributed by atoms with E-state index >= 15 is 0 Å². The fourth-order valence-electron chi connectivity index (χ4n) is 1.61. The van der Waals surface area contributed by atoms with Crippen molar-refractivity contribution in [3.8, 4) is 5.75 Å². The summed E-state index contributed by atoms with van der Waals surface area (Å²) < 4.78 is 0. The fourth-order valence-corrected chi connectivity index (χ4v) is 1.61. The lowest BCUT2D eigenvalue weighted by Gasteiger charge is -2.10. The van der Waals surface area contributed by atoms with Gasteiger partial charge >= 0.3 is 0 Å². The first-order valence-corrected chi connectivity index (χ1v) is 4.63. The van der Waals surface area contributed by atoms with Gasteiger partial charge in [0.1, 0.15) is 5.75 Å². The molecule has 2 rings (SSSR count). The van der Waals surface area contributed by atoms with Crippen molar-refractivity contribution >= 4 is 0 Å². The fraction of sp³-hybridized carbons (Fsp3) is 0.455. The van der Waals surface area contributed by atoms with Crippen LogP contribution in [0.2, 0.25) is 0 Å². The summed E-state index contributed by atoms with van der Waals surface area (Å²) >= 11 is 0. The second-order valence-corrected chi connectivity index (χ2v) is 4.00. The summed E-state index contributed by atoms with van der Waals surface area (Å²) in [6.45, 7) is 0.286. The first kappa shape index (κ1) is 8.57. The Kier molecular flexibility index (Phi) is 2.00. The Balaban J connectivity index is 2.06. The van der Waals surface area contributed by atoms with Gasteiger partial charge in [-0.25, -0.2) is 0 Å². The number of benzene rings is 1. The minimum absolute atomic E-state index is 0.164. The van der Waals surface area contributed by atoms with Crippen LogP contribution in [0.1, 0.15) is 18.4 Å². The first-order chi connectivity index (χ1) is 6.24. The van der Waals surface area contributed by atoms with E-state index in [1.807, 2.05) is 12.1 Å². The second-order valence-electron chi connectivity index (χ2n) is 4.00. The molecule has 0 aliphatic heterocycles. The van der Waals surface area contributed by atoms with Crippen LogP contribution in [0.5, 0.6) is 5.75 Å². The molecule has 2 N–H and O–H groups in total. The molecule has 0 unspecified atom stereocenters. The van der Waals surface area contributed by atoms with Crippen LogP contribution in [0, 0.1) is 5.41 Å². The van der Waals surface area contributed by atoms with Gasteiger partial charge in [0.25, 0.3) is 0 Å². The molecule has 1 aliphatic rings. The van der Waals surface area contributed by atoms with Crippen molar-refractivity contribution in [2.45, 2.75) is 19.3 Å². The number of rotatable bonds is 3. The van der Waals surface area contributed by atoms with Gasteiger partial charge in [0.2, 0.25) is 0 Å². The van der Waals surface area contributed by atoms with Crippen molar-refractivity contribution in [3.63, 3.8) is 0 Å². The zero-order valence-electron chi connectivity index (χ0n) is 7.53. The van der Waals surface area contributed by atoms with E-state index < -0.39 is 0 Å². The van der Waals surface area contributed by atoms with Crippen LogP contribution < -0.4 is 0 Å². The lowest BCUT2D eigenvalue weighted by Crippen LogP contribution is -2.09. The molecule has 1 aromatic carbocycles. The van der Waals surface area contributed by atoms with Gasteiger partial charge in [0.15, 0.2) is 0 Å². The molecule has 0 radical (unpaired) electrons. The van der Waals surface area contributed by atoms with E-state index in [1.54, 1.807) is 12.1 Å². The molecular weight excluding hydrogens is 164 g/mol. The highest BCUT2D eigenvalue weighted by Gasteiger charge is 2.41. The quantitative estimate of drug-likeness (QED) is 0.739. The lowest BCUT2D eigenvalue weighted by molar-refractivity contribution is 0.211. The van der Waals surface area contributed by atoms with Crippen LogP contribution >= 0.6 is 0 Å². The summed E-state index contributed by atoms with van der Waals surface area (Å²) in [6, 6.07) is 7.24. The molecule has 0 bridgehead atoms. The highest BCUT2D eigenvalue weighted by molar-refractivity contribution is 5.27. The van der Waals surface area contributed by atoms with Crippen molar-refractivity contribution in [2.24, 2.45) is 5.41 Å². The largest absolute Gasteiger partial charge is 0.508 e. The van der Waals surface area contributed by atoms with Crippen molar-refractivity contribution in [1.82, 2.24) is 0 Å². The Labute approximate surface area is 77.8 Å². The zero-order chi connectivity index (χ0) is 9.31. The number of hydrogen-bond donors (Lipinski definition) is 2.